The Kier molecular flexibility index (Phi) is 8.40. The van der Waals surface area contributed by atoms with Crippen molar-refractivity contribution in [3.05, 3.63) is 0 Å². The Morgan fingerprint density at radius 1 is 1.22 bits per heavy atom. The van der Waals surface area contributed by atoms with Gasteiger partial charge in [0.1, 0.15) is 5.78 Å². The van der Waals surface area contributed by atoms with Gasteiger partial charge in [0, 0.05) is 19.0 Å². The van der Waals surface area contributed by atoms with Gasteiger partial charge in [-0.25, -0.2) is 0 Å². The van der Waals surface area contributed by atoms with E-state index >= 15 is 0 Å². The third-order valence-electron chi connectivity index (χ3n) is 4.32. The zero-order valence-corrected chi connectivity index (χ0v) is 14.4. The minimum atomic E-state index is -3.39. The fourth-order valence-electron chi connectivity index (χ4n) is 3.09. The quantitative estimate of drug-likeness (QED) is 0.429. The number of primary amides is 1. The molecule has 6 N–H and O–H groups in total. The van der Waals surface area contributed by atoms with Crippen LogP contribution in [0.3, 0.4) is 0 Å². The molecule has 0 aliphatic heterocycles. The maximum absolute atomic E-state index is 12.2. The van der Waals surface area contributed by atoms with E-state index in [9.17, 15) is 24.2 Å². The van der Waals surface area contributed by atoms with E-state index in [1.165, 1.54) is 6.42 Å². The molecule has 7 nitrogen and oxygen atoms in total. The largest absolute Gasteiger partial charge is 0.393 e. The minimum Gasteiger partial charge on any atom is -0.393 e. The molecule has 0 aromatic heterocycles. The molecule has 3 atom stereocenters. The maximum atomic E-state index is 12.2. The molecule has 1 saturated carbocycles. The molecule has 0 aromatic rings. The lowest BCUT2D eigenvalue weighted by Crippen LogP contribution is -2.35. The van der Waals surface area contributed by atoms with Gasteiger partial charge in [0.2, 0.25) is 13.3 Å². The summed E-state index contributed by atoms with van der Waals surface area (Å²) in [6.45, 7) is 0. The fraction of sp³-hybridized carbons (Fsp3) is 0.867. The van der Waals surface area contributed by atoms with Crippen molar-refractivity contribution in [2.24, 2.45) is 17.4 Å². The van der Waals surface area contributed by atoms with Crippen molar-refractivity contribution in [3.8, 4) is 0 Å². The smallest absolute Gasteiger partial charge is 0.219 e. The highest BCUT2D eigenvalue weighted by molar-refractivity contribution is 7.58. The minimum absolute atomic E-state index is 0.0287. The second kappa shape index (κ2) is 9.52. The predicted octanol–water partition coefficient (Wildman–Crippen LogP) is 0.750. The maximum Gasteiger partial charge on any atom is 0.219 e. The summed E-state index contributed by atoms with van der Waals surface area (Å²) in [6.07, 6.45) is 4.18. The molecule has 0 bridgehead atoms. The summed E-state index contributed by atoms with van der Waals surface area (Å²) in [5, 5.41) is 9.91. The van der Waals surface area contributed by atoms with Gasteiger partial charge in [-0.2, -0.15) is 0 Å². The third kappa shape index (κ3) is 8.61. The first kappa shape index (κ1) is 20.3. The van der Waals surface area contributed by atoms with Crippen molar-refractivity contribution >= 4 is 19.1 Å². The van der Waals surface area contributed by atoms with E-state index in [1.54, 1.807) is 0 Å². The van der Waals surface area contributed by atoms with Crippen LogP contribution in [0.1, 0.15) is 51.4 Å². The van der Waals surface area contributed by atoms with Crippen LogP contribution in [-0.2, 0) is 14.2 Å². The summed E-state index contributed by atoms with van der Waals surface area (Å²) in [5.41, 5.74) is 10.5. The Balaban J connectivity index is 2.33. The van der Waals surface area contributed by atoms with Crippen molar-refractivity contribution in [2.45, 2.75) is 63.5 Å². The van der Waals surface area contributed by atoms with Crippen molar-refractivity contribution in [1.29, 1.82) is 0 Å². The molecule has 1 aliphatic rings. The number of Topliss-reactive ketones (excluding diaryl/α,β-unsaturated/α-hetero) is 1. The van der Waals surface area contributed by atoms with Crippen LogP contribution in [0.25, 0.3) is 0 Å². The number of carbonyl (C=O) groups is 2. The highest BCUT2D eigenvalue weighted by atomic mass is 31.2. The number of aliphatic hydroxyl groups is 1. The van der Waals surface area contributed by atoms with E-state index in [2.05, 4.69) is 0 Å². The van der Waals surface area contributed by atoms with Gasteiger partial charge in [-0.1, -0.05) is 19.3 Å². The monoisotopic (exact) mass is 348 g/mol. The summed E-state index contributed by atoms with van der Waals surface area (Å²) >= 11 is 0. The molecule has 1 rings (SSSR count). The lowest BCUT2D eigenvalue weighted by molar-refractivity contribution is -0.125. The number of nitrogens with two attached hydrogens (primary N) is 2. The fourth-order valence-corrected chi connectivity index (χ4v) is 5.26. The van der Waals surface area contributed by atoms with Gasteiger partial charge in [0.05, 0.1) is 18.3 Å². The molecule has 0 spiro atoms. The molecule has 134 valence electrons. The molecule has 0 saturated heterocycles. The zero-order valence-electron chi connectivity index (χ0n) is 13.5. The van der Waals surface area contributed by atoms with Crippen LogP contribution < -0.4 is 11.5 Å². The van der Waals surface area contributed by atoms with Gasteiger partial charge in [0.25, 0.3) is 0 Å². The van der Waals surface area contributed by atoms with Crippen LogP contribution in [-0.4, -0.2) is 46.2 Å². The van der Waals surface area contributed by atoms with Gasteiger partial charge in [-0.15, -0.1) is 0 Å². The van der Waals surface area contributed by atoms with Crippen LogP contribution in [0.4, 0.5) is 0 Å². The first-order valence-corrected chi connectivity index (χ1v) is 10.3. The molecule has 0 radical (unpaired) electrons. The normalized spacial score (nSPS) is 21.3. The number of aliphatic hydroxyl groups excluding tert-OH is 1. The van der Waals surface area contributed by atoms with Crippen LogP contribution in [0.15, 0.2) is 0 Å². The molecule has 0 aromatic carbocycles. The molecule has 8 heteroatoms. The van der Waals surface area contributed by atoms with Gasteiger partial charge >= 0.3 is 0 Å². The number of rotatable bonds is 10. The highest BCUT2D eigenvalue weighted by Crippen LogP contribution is 2.46. The van der Waals surface area contributed by atoms with E-state index < -0.39 is 25.4 Å². The Morgan fingerprint density at radius 3 is 2.39 bits per heavy atom. The summed E-state index contributed by atoms with van der Waals surface area (Å²) in [6, 6.07) is -0.970. The molecule has 1 aliphatic carbocycles. The summed E-state index contributed by atoms with van der Waals surface area (Å²) in [7, 11) is -3.39. The number of hydrogen-bond donors (Lipinski definition) is 4. The Hall–Kier alpha value is -0.750. The van der Waals surface area contributed by atoms with Gasteiger partial charge in [-0.05, 0) is 25.2 Å². The van der Waals surface area contributed by atoms with Crippen molar-refractivity contribution in [2.75, 3.05) is 12.3 Å². The zero-order chi connectivity index (χ0) is 17.5. The summed E-state index contributed by atoms with van der Waals surface area (Å²) in [4.78, 5) is 32.4. The molecular formula is C15H29N2O5P. The Labute approximate surface area is 137 Å². The van der Waals surface area contributed by atoms with E-state index in [0.29, 0.717) is 0 Å². The van der Waals surface area contributed by atoms with Gasteiger partial charge in [-0.3, -0.25) is 14.2 Å². The molecule has 0 heterocycles. The Morgan fingerprint density at radius 2 is 1.83 bits per heavy atom. The second-order valence-electron chi connectivity index (χ2n) is 6.65. The first-order chi connectivity index (χ1) is 10.7. The van der Waals surface area contributed by atoms with E-state index in [-0.39, 0.29) is 43.3 Å². The van der Waals surface area contributed by atoms with E-state index in [1.807, 2.05) is 0 Å². The van der Waals surface area contributed by atoms with Crippen LogP contribution in [0, 0.1) is 5.92 Å². The standard InChI is InChI=1S/C15H29N2O5P/c16-13(8-15(17)20)14(19)7-6-12(18)10-23(21,22)9-11-4-2-1-3-5-11/h11-13,18H,1-10,16H2,(H2,17,20)(H,21,22)/t12-,13+/m1/s1. The molecule has 1 unspecified atom stereocenters. The topological polar surface area (TPSA) is 144 Å². The highest BCUT2D eigenvalue weighted by Gasteiger charge is 2.28. The van der Waals surface area contributed by atoms with Crippen molar-refractivity contribution in [3.63, 3.8) is 0 Å². The van der Waals surface area contributed by atoms with E-state index in [0.717, 1.165) is 25.7 Å². The SMILES string of the molecule is NC(=O)C[C@H](N)C(=O)CC[C@@H](O)CP(=O)(O)CC1CCCCC1. The molecule has 1 amide bonds. The molecule has 23 heavy (non-hydrogen) atoms. The lowest BCUT2D eigenvalue weighted by Gasteiger charge is -2.25. The van der Waals surface area contributed by atoms with Crippen LogP contribution in [0.2, 0.25) is 0 Å². The number of ketones is 1. The van der Waals surface area contributed by atoms with Gasteiger partial charge in [0.15, 0.2) is 0 Å². The third-order valence-corrected chi connectivity index (χ3v) is 6.40. The van der Waals surface area contributed by atoms with Crippen molar-refractivity contribution in [1.82, 2.24) is 0 Å². The van der Waals surface area contributed by atoms with Gasteiger partial charge < -0.3 is 21.5 Å². The number of hydrogen-bond acceptors (Lipinski definition) is 5. The van der Waals surface area contributed by atoms with Crippen LogP contribution >= 0.6 is 7.37 Å². The average Bonchev–Trinajstić information content (AvgIpc) is 2.43. The van der Waals surface area contributed by atoms with E-state index in [4.69, 9.17) is 11.5 Å². The van der Waals surface area contributed by atoms with Crippen molar-refractivity contribution < 1.29 is 24.2 Å². The molecule has 1 fully saturated rings. The molecular weight excluding hydrogens is 319 g/mol. The second-order valence-corrected chi connectivity index (χ2v) is 9.07. The lowest BCUT2D eigenvalue weighted by atomic mass is 9.91. The first-order valence-electron chi connectivity index (χ1n) is 8.25. The number of amides is 1. The van der Waals surface area contributed by atoms with Crippen LogP contribution in [0.5, 0.6) is 0 Å². The Bertz CT molecular complexity index is 451. The summed E-state index contributed by atoms with van der Waals surface area (Å²) < 4.78 is 12.2. The average molecular weight is 348 g/mol. The number of carbonyl (C=O) groups excluding carboxylic acids is 2. The summed E-state index contributed by atoms with van der Waals surface area (Å²) in [5.74, 6) is -0.765. The predicted molar refractivity (Wildman–Crippen MR) is 88.2 cm³/mol.